The van der Waals surface area contributed by atoms with Crippen LogP contribution in [0.1, 0.15) is 17.3 Å². The fourth-order valence-corrected chi connectivity index (χ4v) is 1.81. The minimum Gasteiger partial charge on any atom is -0.481 e. The maximum absolute atomic E-state index is 11.5. The highest BCUT2D eigenvalue weighted by molar-refractivity contribution is 6.06. The van der Waals surface area contributed by atoms with Crippen LogP contribution in [0.2, 0.25) is 0 Å². The van der Waals surface area contributed by atoms with Crippen LogP contribution in [0.15, 0.2) is 30.3 Å². The number of primary amides is 1. The first-order valence-electron chi connectivity index (χ1n) is 6.15. The van der Waals surface area contributed by atoms with E-state index in [1.165, 1.54) is 0 Å². The van der Waals surface area contributed by atoms with Gasteiger partial charge in [-0.3, -0.25) is 9.59 Å². The summed E-state index contributed by atoms with van der Waals surface area (Å²) in [7, 11) is 0. The molecule has 1 aromatic heterocycles. The number of hydrogen-bond acceptors (Lipinski definition) is 4. The lowest BCUT2D eigenvalue weighted by Gasteiger charge is -2.11. The molecule has 20 heavy (non-hydrogen) atoms. The van der Waals surface area contributed by atoms with E-state index in [9.17, 15) is 9.59 Å². The first-order valence-corrected chi connectivity index (χ1v) is 6.15. The number of anilines is 1. The van der Waals surface area contributed by atoms with Crippen molar-refractivity contribution >= 4 is 28.6 Å². The van der Waals surface area contributed by atoms with Gasteiger partial charge in [0.25, 0.3) is 0 Å². The molecule has 6 nitrogen and oxygen atoms in total. The predicted octanol–water partition coefficient (Wildman–Crippen LogP) is 1.47. The van der Waals surface area contributed by atoms with Crippen LogP contribution in [-0.4, -0.2) is 28.5 Å². The maximum Gasteiger partial charge on any atom is 0.308 e. The van der Waals surface area contributed by atoms with Crippen molar-refractivity contribution in [2.75, 3.05) is 11.9 Å². The number of rotatable bonds is 5. The molecule has 104 valence electrons. The number of nitrogens with zero attached hydrogens (tertiary/aromatic N) is 1. The van der Waals surface area contributed by atoms with E-state index >= 15 is 0 Å². The summed E-state index contributed by atoms with van der Waals surface area (Å²) in [6, 6.07) is 8.69. The lowest BCUT2D eigenvalue weighted by atomic mass is 10.1. The number of hydrogen-bond donors (Lipinski definition) is 3. The van der Waals surface area contributed by atoms with Crippen LogP contribution >= 0.6 is 0 Å². The van der Waals surface area contributed by atoms with Gasteiger partial charge in [-0.1, -0.05) is 25.1 Å². The standard InChI is InChI=1S/C14H15N3O3/c1-8(14(19)20)7-16-12-6-10(13(15)18)9-4-2-3-5-11(9)17-12/h2-6,8H,7H2,1H3,(H2,15,18)(H,16,17)(H,19,20). The van der Waals surface area contributed by atoms with E-state index in [0.717, 1.165) is 0 Å². The molecule has 0 aliphatic heterocycles. The highest BCUT2D eigenvalue weighted by Crippen LogP contribution is 2.20. The van der Waals surface area contributed by atoms with Crippen molar-refractivity contribution in [1.29, 1.82) is 0 Å². The Hall–Kier alpha value is -2.63. The number of nitrogens with two attached hydrogens (primary N) is 1. The Morgan fingerprint density at radius 1 is 1.40 bits per heavy atom. The fourth-order valence-electron chi connectivity index (χ4n) is 1.81. The quantitative estimate of drug-likeness (QED) is 0.765. The van der Waals surface area contributed by atoms with E-state index in [-0.39, 0.29) is 6.54 Å². The summed E-state index contributed by atoms with van der Waals surface area (Å²) in [6.07, 6.45) is 0. The van der Waals surface area contributed by atoms with E-state index in [1.54, 1.807) is 31.2 Å². The Balaban J connectivity index is 2.35. The van der Waals surface area contributed by atoms with E-state index in [1.807, 2.05) is 6.07 Å². The number of fused-ring (bicyclic) bond motifs is 1. The molecule has 0 aliphatic rings. The lowest BCUT2D eigenvalue weighted by Crippen LogP contribution is -2.20. The molecule has 0 saturated heterocycles. The highest BCUT2D eigenvalue weighted by atomic mass is 16.4. The minimum atomic E-state index is -0.895. The van der Waals surface area contributed by atoms with Crippen LogP contribution in [0, 0.1) is 5.92 Å². The third-order valence-corrected chi connectivity index (χ3v) is 2.99. The molecule has 2 aromatic rings. The van der Waals surface area contributed by atoms with Crippen LogP contribution in [0.5, 0.6) is 0 Å². The third-order valence-electron chi connectivity index (χ3n) is 2.99. The van der Waals surface area contributed by atoms with Gasteiger partial charge in [-0.2, -0.15) is 0 Å². The molecule has 1 aromatic carbocycles. The van der Waals surface area contributed by atoms with E-state index in [2.05, 4.69) is 10.3 Å². The topological polar surface area (TPSA) is 105 Å². The first kappa shape index (κ1) is 13.8. The van der Waals surface area contributed by atoms with E-state index in [0.29, 0.717) is 22.3 Å². The van der Waals surface area contributed by atoms with Crippen molar-refractivity contribution < 1.29 is 14.7 Å². The molecule has 1 amide bonds. The Labute approximate surface area is 115 Å². The van der Waals surface area contributed by atoms with E-state index in [4.69, 9.17) is 10.8 Å². The van der Waals surface area contributed by atoms with Crippen LogP contribution in [0.4, 0.5) is 5.82 Å². The molecule has 0 fully saturated rings. The number of aliphatic carboxylic acids is 1. The van der Waals surface area contributed by atoms with Crippen molar-refractivity contribution in [3.05, 3.63) is 35.9 Å². The molecule has 0 saturated carbocycles. The molecule has 1 heterocycles. The van der Waals surface area contributed by atoms with Crippen LogP contribution in [0.3, 0.4) is 0 Å². The largest absolute Gasteiger partial charge is 0.481 e. The number of aromatic nitrogens is 1. The van der Waals surface area contributed by atoms with Gasteiger partial charge in [0.05, 0.1) is 17.0 Å². The summed E-state index contributed by atoms with van der Waals surface area (Å²) < 4.78 is 0. The second-order valence-electron chi connectivity index (χ2n) is 4.56. The van der Waals surface area contributed by atoms with Gasteiger partial charge < -0.3 is 16.2 Å². The van der Waals surface area contributed by atoms with Gasteiger partial charge in [0, 0.05) is 11.9 Å². The second-order valence-corrected chi connectivity index (χ2v) is 4.56. The molecule has 0 radical (unpaired) electrons. The third kappa shape index (κ3) is 2.85. The zero-order chi connectivity index (χ0) is 14.7. The van der Waals surface area contributed by atoms with Crippen molar-refractivity contribution in [1.82, 2.24) is 4.98 Å². The zero-order valence-electron chi connectivity index (χ0n) is 11.0. The smallest absolute Gasteiger partial charge is 0.308 e. The summed E-state index contributed by atoms with van der Waals surface area (Å²) in [5, 5.41) is 12.4. The van der Waals surface area contributed by atoms with Crippen LogP contribution in [-0.2, 0) is 4.79 Å². The van der Waals surface area contributed by atoms with Gasteiger partial charge in [0.1, 0.15) is 5.82 Å². The van der Waals surface area contributed by atoms with Gasteiger partial charge in [0.2, 0.25) is 5.91 Å². The molecule has 0 spiro atoms. The summed E-state index contributed by atoms with van der Waals surface area (Å²) in [6.45, 7) is 1.81. The molecule has 1 unspecified atom stereocenters. The number of pyridine rings is 1. The monoisotopic (exact) mass is 273 g/mol. The second kappa shape index (κ2) is 5.56. The number of para-hydroxylation sites is 1. The summed E-state index contributed by atoms with van der Waals surface area (Å²) in [4.78, 5) is 26.6. The SMILES string of the molecule is CC(CNc1cc(C(N)=O)c2ccccc2n1)C(=O)O. The normalized spacial score (nSPS) is 12.1. The van der Waals surface area contributed by atoms with Crippen LogP contribution < -0.4 is 11.1 Å². The number of carboxylic acids is 1. The highest BCUT2D eigenvalue weighted by Gasteiger charge is 2.13. The Morgan fingerprint density at radius 3 is 2.75 bits per heavy atom. The number of carboxylic acid groups (broad SMARTS) is 1. The van der Waals surface area contributed by atoms with Crippen molar-refractivity contribution in [3.63, 3.8) is 0 Å². The van der Waals surface area contributed by atoms with Crippen molar-refractivity contribution in [2.45, 2.75) is 6.92 Å². The number of nitrogens with one attached hydrogen (secondary N) is 1. The maximum atomic E-state index is 11.5. The van der Waals surface area contributed by atoms with Crippen molar-refractivity contribution in [3.8, 4) is 0 Å². The van der Waals surface area contributed by atoms with Crippen molar-refractivity contribution in [2.24, 2.45) is 11.7 Å². The number of carbonyl (C=O) groups excluding carboxylic acids is 1. The van der Waals surface area contributed by atoms with Gasteiger partial charge >= 0.3 is 5.97 Å². The predicted molar refractivity (Wildman–Crippen MR) is 75.6 cm³/mol. The molecule has 0 aliphatic carbocycles. The average Bonchev–Trinajstić information content (AvgIpc) is 2.43. The zero-order valence-corrected chi connectivity index (χ0v) is 11.0. The summed E-state index contributed by atoms with van der Waals surface area (Å²) in [5.41, 5.74) is 6.36. The Bertz CT molecular complexity index is 670. The van der Waals surface area contributed by atoms with Gasteiger partial charge in [-0.05, 0) is 12.1 Å². The molecule has 6 heteroatoms. The average molecular weight is 273 g/mol. The minimum absolute atomic E-state index is 0.221. The Morgan fingerprint density at radius 2 is 2.10 bits per heavy atom. The van der Waals surface area contributed by atoms with E-state index < -0.39 is 17.8 Å². The molecule has 4 N–H and O–H groups in total. The molecule has 1 atom stereocenters. The van der Waals surface area contributed by atoms with Gasteiger partial charge in [-0.25, -0.2) is 4.98 Å². The first-order chi connectivity index (χ1) is 9.49. The fraction of sp³-hybridized carbons (Fsp3) is 0.214. The lowest BCUT2D eigenvalue weighted by molar-refractivity contribution is -0.140. The Kier molecular flexibility index (Phi) is 3.84. The molecule has 0 bridgehead atoms. The summed E-state index contributed by atoms with van der Waals surface area (Å²) >= 11 is 0. The van der Waals surface area contributed by atoms with Gasteiger partial charge in [-0.15, -0.1) is 0 Å². The number of carbonyl (C=O) groups is 2. The number of benzene rings is 1. The molecular weight excluding hydrogens is 258 g/mol. The summed E-state index contributed by atoms with van der Waals surface area (Å²) in [5.74, 6) is -1.56. The van der Waals surface area contributed by atoms with Crippen LogP contribution in [0.25, 0.3) is 10.9 Å². The molecular formula is C14H15N3O3. The van der Waals surface area contributed by atoms with Gasteiger partial charge in [0.15, 0.2) is 0 Å². The number of amides is 1. The molecule has 2 rings (SSSR count).